The summed E-state index contributed by atoms with van der Waals surface area (Å²) in [5.41, 5.74) is 0.889. The lowest BCUT2D eigenvalue weighted by Crippen LogP contribution is -2.42. The molecule has 0 unspecified atom stereocenters. The van der Waals surface area contributed by atoms with Gasteiger partial charge in [0.2, 0.25) is 10.0 Å². The van der Waals surface area contributed by atoms with Crippen LogP contribution >= 0.6 is 0 Å². The normalized spacial score (nSPS) is 19.9. The SMILES string of the molecule is Cc1c(C(=O)Nc2ccc(F)c(F)c2)oc2ccc(S(=O)(=O)N3C[C@H](C)C[C@@H](C)C3)cc12. The minimum atomic E-state index is -3.69. The first kappa shape index (κ1) is 22.4. The Morgan fingerprint density at radius 3 is 2.41 bits per heavy atom. The molecule has 2 aromatic carbocycles. The van der Waals surface area contributed by atoms with Gasteiger partial charge in [-0.15, -0.1) is 0 Å². The Kier molecular flexibility index (Phi) is 5.81. The summed E-state index contributed by atoms with van der Waals surface area (Å²) in [7, 11) is -3.69. The number of hydrogen-bond acceptors (Lipinski definition) is 4. The summed E-state index contributed by atoms with van der Waals surface area (Å²) >= 11 is 0. The number of nitrogens with zero attached hydrogens (tertiary/aromatic N) is 1. The number of piperidine rings is 1. The van der Waals surface area contributed by atoms with E-state index in [0.29, 0.717) is 29.6 Å². The second-order valence-electron chi connectivity index (χ2n) is 8.57. The maximum Gasteiger partial charge on any atom is 0.291 e. The van der Waals surface area contributed by atoms with Crippen molar-refractivity contribution in [2.75, 3.05) is 18.4 Å². The number of halogens is 2. The quantitative estimate of drug-likeness (QED) is 0.596. The van der Waals surface area contributed by atoms with Crippen molar-refractivity contribution >= 4 is 32.6 Å². The van der Waals surface area contributed by atoms with Gasteiger partial charge < -0.3 is 9.73 Å². The lowest BCUT2D eigenvalue weighted by Gasteiger charge is -2.34. The Morgan fingerprint density at radius 2 is 1.75 bits per heavy atom. The molecule has 2 heterocycles. The zero-order chi connectivity index (χ0) is 23.2. The molecular formula is C23H24F2N2O4S. The van der Waals surface area contributed by atoms with E-state index < -0.39 is 27.6 Å². The maximum absolute atomic E-state index is 13.4. The zero-order valence-electron chi connectivity index (χ0n) is 18.0. The highest BCUT2D eigenvalue weighted by molar-refractivity contribution is 7.89. The molecule has 4 rings (SSSR count). The average molecular weight is 463 g/mol. The fourth-order valence-corrected chi connectivity index (χ4v) is 6.00. The molecule has 0 radical (unpaired) electrons. The van der Waals surface area contributed by atoms with Crippen molar-refractivity contribution in [2.24, 2.45) is 11.8 Å². The molecule has 0 saturated carbocycles. The number of hydrogen-bond donors (Lipinski definition) is 1. The average Bonchev–Trinajstić information content (AvgIpc) is 3.06. The number of carbonyl (C=O) groups is 1. The van der Waals surface area contributed by atoms with Gasteiger partial charge in [0.1, 0.15) is 5.58 Å². The number of fused-ring (bicyclic) bond motifs is 1. The Morgan fingerprint density at radius 1 is 1.06 bits per heavy atom. The number of furan rings is 1. The van der Waals surface area contributed by atoms with Gasteiger partial charge >= 0.3 is 0 Å². The van der Waals surface area contributed by atoms with E-state index in [0.717, 1.165) is 18.6 Å². The van der Waals surface area contributed by atoms with Crippen molar-refractivity contribution < 1.29 is 26.4 Å². The molecule has 0 bridgehead atoms. The van der Waals surface area contributed by atoms with Crippen molar-refractivity contribution in [1.29, 1.82) is 0 Å². The van der Waals surface area contributed by atoms with Crippen LogP contribution in [0.15, 0.2) is 45.7 Å². The molecule has 2 atom stereocenters. The first-order valence-electron chi connectivity index (χ1n) is 10.4. The Labute approximate surface area is 185 Å². The molecule has 9 heteroatoms. The first-order valence-corrected chi connectivity index (χ1v) is 11.8. The van der Waals surface area contributed by atoms with Crippen LogP contribution in [0.3, 0.4) is 0 Å². The molecule has 1 saturated heterocycles. The van der Waals surface area contributed by atoms with Gasteiger partial charge in [0.25, 0.3) is 5.91 Å². The van der Waals surface area contributed by atoms with Crippen LogP contribution in [0.1, 0.15) is 36.4 Å². The maximum atomic E-state index is 13.4. The molecule has 1 N–H and O–H groups in total. The van der Waals surface area contributed by atoms with Crippen molar-refractivity contribution in [3.05, 3.63) is 59.4 Å². The van der Waals surface area contributed by atoms with Crippen LogP contribution in [0, 0.1) is 30.4 Å². The molecule has 32 heavy (non-hydrogen) atoms. The van der Waals surface area contributed by atoms with E-state index in [4.69, 9.17) is 4.42 Å². The molecule has 1 aliphatic rings. The van der Waals surface area contributed by atoms with Crippen LogP contribution in [0.4, 0.5) is 14.5 Å². The van der Waals surface area contributed by atoms with Gasteiger partial charge in [0.05, 0.1) is 4.90 Å². The summed E-state index contributed by atoms with van der Waals surface area (Å²) in [6.07, 6.45) is 0.988. The lowest BCUT2D eigenvalue weighted by molar-refractivity contribution is 0.0998. The molecule has 6 nitrogen and oxygen atoms in total. The molecule has 1 amide bonds. The topological polar surface area (TPSA) is 79.6 Å². The molecule has 1 aliphatic heterocycles. The summed E-state index contributed by atoms with van der Waals surface area (Å²) in [6.45, 7) is 6.67. The third-order valence-electron chi connectivity index (χ3n) is 5.76. The van der Waals surface area contributed by atoms with E-state index in [-0.39, 0.29) is 28.2 Å². The van der Waals surface area contributed by atoms with Crippen LogP contribution in [-0.2, 0) is 10.0 Å². The smallest absolute Gasteiger partial charge is 0.291 e. The van der Waals surface area contributed by atoms with E-state index in [1.165, 1.54) is 28.6 Å². The molecular weight excluding hydrogens is 438 g/mol. The third-order valence-corrected chi connectivity index (χ3v) is 7.59. The van der Waals surface area contributed by atoms with Crippen molar-refractivity contribution in [1.82, 2.24) is 4.31 Å². The fraction of sp³-hybridized carbons (Fsp3) is 0.348. The monoisotopic (exact) mass is 462 g/mol. The minimum absolute atomic E-state index is 0.0282. The van der Waals surface area contributed by atoms with E-state index >= 15 is 0 Å². The number of carbonyl (C=O) groups excluding carboxylic acids is 1. The molecule has 170 valence electrons. The highest BCUT2D eigenvalue weighted by Gasteiger charge is 2.32. The Bertz CT molecular complexity index is 1290. The molecule has 3 aromatic rings. The Hall–Kier alpha value is -2.78. The second-order valence-corrected chi connectivity index (χ2v) is 10.5. The molecule has 0 spiro atoms. The van der Waals surface area contributed by atoms with Gasteiger partial charge in [0, 0.05) is 35.8 Å². The van der Waals surface area contributed by atoms with E-state index in [1.807, 2.05) is 13.8 Å². The Balaban J connectivity index is 1.65. The first-order chi connectivity index (χ1) is 15.1. The highest BCUT2D eigenvalue weighted by Crippen LogP contribution is 2.31. The summed E-state index contributed by atoms with van der Waals surface area (Å²) in [5, 5.41) is 2.97. The third kappa shape index (κ3) is 4.14. The summed E-state index contributed by atoms with van der Waals surface area (Å²) in [4.78, 5) is 12.8. The highest BCUT2D eigenvalue weighted by atomic mass is 32.2. The molecule has 1 fully saturated rings. The summed E-state index contributed by atoms with van der Waals surface area (Å²) < 4.78 is 60.1. The zero-order valence-corrected chi connectivity index (χ0v) is 18.8. The minimum Gasteiger partial charge on any atom is -0.451 e. The number of anilines is 1. The molecule has 1 aromatic heterocycles. The van der Waals surface area contributed by atoms with Crippen molar-refractivity contribution in [3.8, 4) is 0 Å². The predicted molar refractivity (Wildman–Crippen MR) is 117 cm³/mol. The van der Waals surface area contributed by atoms with Gasteiger partial charge in [-0.25, -0.2) is 17.2 Å². The second kappa shape index (κ2) is 8.29. The molecule has 0 aliphatic carbocycles. The van der Waals surface area contributed by atoms with Crippen LogP contribution in [0.25, 0.3) is 11.0 Å². The van der Waals surface area contributed by atoms with E-state index in [2.05, 4.69) is 5.32 Å². The van der Waals surface area contributed by atoms with Crippen molar-refractivity contribution in [2.45, 2.75) is 32.1 Å². The van der Waals surface area contributed by atoms with Gasteiger partial charge in [-0.05, 0) is 55.5 Å². The summed E-state index contributed by atoms with van der Waals surface area (Å²) in [5.74, 6) is -2.22. The van der Waals surface area contributed by atoms with Crippen LogP contribution in [-0.4, -0.2) is 31.7 Å². The predicted octanol–water partition coefficient (Wildman–Crippen LogP) is 4.94. The van der Waals surface area contributed by atoms with Gasteiger partial charge in [0.15, 0.2) is 17.4 Å². The van der Waals surface area contributed by atoms with E-state index in [9.17, 15) is 22.0 Å². The van der Waals surface area contributed by atoms with Crippen LogP contribution < -0.4 is 5.32 Å². The van der Waals surface area contributed by atoms with E-state index in [1.54, 1.807) is 6.92 Å². The van der Waals surface area contributed by atoms with Crippen LogP contribution in [0.2, 0.25) is 0 Å². The standard InChI is InChI=1S/C23H24F2N2O4S/c1-13-8-14(2)12-27(11-13)32(29,30)17-5-7-21-18(10-17)15(3)22(31-21)23(28)26-16-4-6-19(24)20(25)9-16/h4-7,9-10,13-14H,8,11-12H2,1-3H3,(H,26,28)/t13-,14-/m1/s1. The van der Waals surface area contributed by atoms with Gasteiger partial charge in [-0.3, -0.25) is 4.79 Å². The summed E-state index contributed by atoms with van der Waals surface area (Å²) in [6, 6.07) is 7.54. The van der Waals surface area contributed by atoms with Gasteiger partial charge in [-0.1, -0.05) is 13.8 Å². The number of rotatable bonds is 4. The van der Waals surface area contributed by atoms with Crippen molar-refractivity contribution in [3.63, 3.8) is 0 Å². The fourth-order valence-electron chi connectivity index (χ4n) is 4.29. The number of amides is 1. The number of sulfonamides is 1. The van der Waals surface area contributed by atoms with Gasteiger partial charge in [-0.2, -0.15) is 4.31 Å². The largest absolute Gasteiger partial charge is 0.451 e. The van der Waals surface area contributed by atoms with Crippen LogP contribution in [0.5, 0.6) is 0 Å². The number of benzene rings is 2. The number of aryl methyl sites for hydroxylation is 1. The lowest BCUT2D eigenvalue weighted by atomic mass is 9.94. The number of nitrogens with one attached hydrogen (secondary N) is 1.